The number of thiazole rings is 1. The lowest BCUT2D eigenvalue weighted by atomic mass is 10.3. The number of nitrogens with zero attached hydrogens (tertiary/aromatic N) is 3. The van der Waals surface area contributed by atoms with Crippen LogP contribution in [-0.4, -0.2) is 14.5 Å². The third kappa shape index (κ3) is 0.861. The summed E-state index contributed by atoms with van der Waals surface area (Å²) >= 11 is 1.65. The van der Waals surface area contributed by atoms with Crippen LogP contribution in [0.4, 0.5) is 0 Å². The summed E-state index contributed by atoms with van der Waals surface area (Å²) in [5.41, 5.74) is 5.17. The van der Waals surface area contributed by atoms with Gasteiger partial charge < -0.3 is 4.57 Å². The highest BCUT2D eigenvalue weighted by Crippen LogP contribution is 2.27. The molecule has 14 heavy (non-hydrogen) atoms. The molecule has 4 heteroatoms. The lowest BCUT2D eigenvalue weighted by molar-refractivity contribution is 0.886. The molecule has 0 amide bonds. The van der Waals surface area contributed by atoms with Gasteiger partial charge in [0.15, 0.2) is 0 Å². The predicted molar refractivity (Wildman–Crippen MR) is 58.6 cm³/mol. The average molecular weight is 203 g/mol. The summed E-state index contributed by atoms with van der Waals surface area (Å²) in [5.74, 6) is 1.04. The Morgan fingerprint density at radius 2 is 2.21 bits per heavy atom. The summed E-state index contributed by atoms with van der Waals surface area (Å²) in [5, 5.41) is 0. The van der Waals surface area contributed by atoms with E-state index in [2.05, 4.69) is 26.7 Å². The molecule has 0 saturated carbocycles. The lowest BCUT2D eigenvalue weighted by Crippen LogP contribution is -1.89. The summed E-state index contributed by atoms with van der Waals surface area (Å²) < 4.78 is 3.29. The Hall–Kier alpha value is -1.42. The first-order chi connectivity index (χ1) is 6.77. The van der Waals surface area contributed by atoms with Gasteiger partial charge in [0.1, 0.15) is 11.3 Å². The molecule has 0 bridgehead atoms. The van der Waals surface area contributed by atoms with Gasteiger partial charge in [-0.2, -0.15) is 0 Å². The van der Waals surface area contributed by atoms with E-state index in [-0.39, 0.29) is 0 Å². The summed E-state index contributed by atoms with van der Waals surface area (Å²) in [4.78, 5) is 8.82. The van der Waals surface area contributed by atoms with E-state index in [1.54, 1.807) is 11.3 Å². The van der Waals surface area contributed by atoms with Crippen molar-refractivity contribution in [2.24, 2.45) is 7.05 Å². The number of benzene rings is 1. The second-order valence-corrected chi connectivity index (χ2v) is 4.21. The van der Waals surface area contributed by atoms with Crippen LogP contribution in [0.2, 0.25) is 0 Å². The molecule has 0 unspecified atom stereocenters. The SMILES string of the molecule is Cc1nc2c3scnc3ccc2n1C. The van der Waals surface area contributed by atoms with Crippen LogP contribution in [0, 0.1) is 6.92 Å². The molecule has 0 radical (unpaired) electrons. The molecule has 0 spiro atoms. The molecule has 3 rings (SSSR count). The molecular formula is C10H9N3S. The van der Waals surface area contributed by atoms with E-state index < -0.39 is 0 Å². The zero-order valence-corrected chi connectivity index (χ0v) is 8.80. The van der Waals surface area contributed by atoms with Gasteiger partial charge in [-0.25, -0.2) is 9.97 Å². The van der Waals surface area contributed by atoms with Crippen molar-refractivity contribution in [3.8, 4) is 0 Å². The van der Waals surface area contributed by atoms with Gasteiger partial charge in [0.25, 0.3) is 0 Å². The molecule has 0 aliphatic heterocycles. The fourth-order valence-corrected chi connectivity index (χ4v) is 2.47. The van der Waals surface area contributed by atoms with E-state index in [4.69, 9.17) is 0 Å². The second kappa shape index (κ2) is 2.54. The quantitative estimate of drug-likeness (QED) is 0.562. The maximum absolute atomic E-state index is 4.55. The van der Waals surface area contributed by atoms with Crippen LogP contribution in [0.5, 0.6) is 0 Å². The molecule has 0 aliphatic rings. The number of aryl methyl sites for hydroxylation is 2. The summed E-state index contributed by atoms with van der Waals surface area (Å²) in [6, 6.07) is 4.13. The van der Waals surface area contributed by atoms with Crippen molar-refractivity contribution in [1.82, 2.24) is 14.5 Å². The topological polar surface area (TPSA) is 30.7 Å². The van der Waals surface area contributed by atoms with E-state index in [0.717, 1.165) is 16.9 Å². The molecular weight excluding hydrogens is 194 g/mol. The number of aromatic nitrogens is 3. The highest BCUT2D eigenvalue weighted by atomic mass is 32.1. The average Bonchev–Trinajstić information content (AvgIpc) is 2.73. The van der Waals surface area contributed by atoms with Gasteiger partial charge in [-0.3, -0.25) is 0 Å². The molecule has 0 atom stereocenters. The molecule has 0 saturated heterocycles. The third-order valence-electron chi connectivity index (χ3n) is 2.57. The van der Waals surface area contributed by atoms with E-state index >= 15 is 0 Å². The van der Waals surface area contributed by atoms with E-state index in [0.29, 0.717) is 0 Å². The minimum Gasteiger partial charge on any atom is -0.331 e. The zero-order chi connectivity index (χ0) is 9.71. The largest absolute Gasteiger partial charge is 0.331 e. The minimum atomic E-state index is 1.04. The normalized spacial score (nSPS) is 11.6. The fraction of sp³-hybridized carbons (Fsp3) is 0.200. The van der Waals surface area contributed by atoms with Gasteiger partial charge in [0, 0.05) is 7.05 Å². The molecule has 0 fully saturated rings. The van der Waals surface area contributed by atoms with E-state index in [1.807, 2.05) is 19.5 Å². The summed E-state index contributed by atoms with van der Waals surface area (Å²) in [6.45, 7) is 2.02. The predicted octanol–water partition coefficient (Wildman–Crippen LogP) is 2.49. The molecule has 0 N–H and O–H groups in total. The van der Waals surface area contributed by atoms with Crippen LogP contribution in [0.1, 0.15) is 5.82 Å². The highest BCUT2D eigenvalue weighted by molar-refractivity contribution is 7.17. The first-order valence-corrected chi connectivity index (χ1v) is 5.30. The zero-order valence-electron chi connectivity index (χ0n) is 7.98. The first-order valence-electron chi connectivity index (χ1n) is 4.42. The Labute approximate surface area is 85.0 Å². The van der Waals surface area contributed by atoms with Crippen LogP contribution in [0.15, 0.2) is 17.6 Å². The number of hydrogen-bond acceptors (Lipinski definition) is 3. The van der Waals surface area contributed by atoms with Gasteiger partial charge in [-0.1, -0.05) is 0 Å². The lowest BCUT2D eigenvalue weighted by Gasteiger charge is -1.95. The number of fused-ring (bicyclic) bond motifs is 3. The van der Waals surface area contributed by atoms with Crippen molar-refractivity contribution in [3.63, 3.8) is 0 Å². The first kappa shape index (κ1) is 7.94. The Kier molecular flexibility index (Phi) is 1.44. The third-order valence-corrected chi connectivity index (χ3v) is 3.42. The standard InChI is InChI=1S/C10H9N3S/c1-6-12-9-8(13(6)2)4-3-7-10(9)14-5-11-7/h3-5H,1-2H3. The number of rotatable bonds is 0. The molecule has 1 aromatic carbocycles. The van der Waals surface area contributed by atoms with Crippen molar-refractivity contribution >= 4 is 32.6 Å². The van der Waals surface area contributed by atoms with Crippen molar-refractivity contribution in [1.29, 1.82) is 0 Å². The van der Waals surface area contributed by atoms with Gasteiger partial charge in [-0.05, 0) is 19.1 Å². The Balaban J connectivity index is 2.63. The van der Waals surface area contributed by atoms with Crippen LogP contribution >= 0.6 is 11.3 Å². The van der Waals surface area contributed by atoms with Crippen LogP contribution in [0.3, 0.4) is 0 Å². The van der Waals surface area contributed by atoms with Crippen LogP contribution < -0.4 is 0 Å². The van der Waals surface area contributed by atoms with Crippen molar-refractivity contribution < 1.29 is 0 Å². The van der Waals surface area contributed by atoms with Crippen molar-refractivity contribution in [3.05, 3.63) is 23.5 Å². The van der Waals surface area contributed by atoms with Gasteiger partial charge in [-0.15, -0.1) is 11.3 Å². The fourth-order valence-electron chi connectivity index (χ4n) is 1.69. The Morgan fingerprint density at radius 3 is 3.07 bits per heavy atom. The maximum Gasteiger partial charge on any atom is 0.108 e. The van der Waals surface area contributed by atoms with Crippen LogP contribution in [-0.2, 0) is 7.05 Å². The highest BCUT2D eigenvalue weighted by Gasteiger charge is 2.08. The van der Waals surface area contributed by atoms with Gasteiger partial charge in [0.05, 0.1) is 21.2 Å². The number of hydrogen-bond donors (Lipinski definition) is 0. The van der Waals surface area contributed by atoms with E-state index in [9.17, 15) is 0 Å². The Bertz CT molecular complexity index is 621. The maximum atomic E-state index is 4.55. The molecule has 70 valence electrons. The van der Waals surface area contributed by atoms with Gasteiger partial charge >= 0.3 is 0 Å². The second-order valence-electron chi connectivity index (χ2n) is 3.35. The number of imidazole rings is 1. The Morgan fingerprint density at radius 1 is 1.36 bits per heavy atom. The molecule has 3 aromatic rings. The summed E-state index contributed by atoms with van der Waals surface area (Å²) in [7, 11) is 2.04. The summed E-state index contributed by atoms with van der Waals surface area (Å²) in [6.07, 6.45) is 0. The van der Waals surface area contributed by atoms with Crippen molar-refractivity contribution in [2.75, 3.05) is 0 Å². The minimum absolute atomic E-state index is 1.04. The smallest absolute Gasteiger partial charge is 0.108 e. The van der Waals surface area contributed by atoms with Crippen LogP contribution in [0.25, 0.3) is 21.3 Å². The monoisotopic (exact) mass is 203 g/mol. The molecule has 2 heterocycles. The molecule has 0 aliphatic carbocycles. The van der Waals surface area contributed by atoms with E-state index in [1.165, 1.54) is 10.2 Å². The van der Waals surface area contributed by atoms with Crippen molar-refractivity contribution in [2.45, 2.75) is 6.92 Å². The van der Waals surface area contributed by atoms with Gasteiger partial charge in [0.2, 0.25) is 0 Å². The molecule has 3 nitrogen and oxygen atoms in total. The molecule has 2 aromatic heterocycles.